The van der Waals surface area contributed by atoms with Crippen LogP contribution in [-0.2, 0) is 23.9 Å². The number of alkyl carbamates (subject to hydrolysis) is 1. The fourth-order valence-electron chi connectivity index (χ4n) is 4.83. The molecule has 184 valence electrons. The maximum absolute atomic E-state index is 12.4. The van der Waals surface area contributed by atoms with Crippen LogP contribution in [0.2, 0.25) is 0 Å². The molecule has 3 atom stereocenters. The Morgan fingerprint density at radius 2 is 1.69 bits per heavy atom. The zero-order valence-corrected chi connectivity index (χ0v) is 19.1. The summed E-state index contributed by atoms with van der Waals surface area (Å²) in [6.45, 7) is 0.605. The quantitative estimate of drug-likeness (QED) is 0.472. The van der Waals surface area contributed by atoms with Crippen molar-refractivity contribution in [2.24, 2.45) is 11.8 Å². The molecule has 9 heteroatoms. The lowest BCUT2D eigenvalue weighted by molar-refractivity contribution is -0.163. The van der Waals surface area contributed by atoms with E-state index in [0.717, 1.165) is 35.1 Å². The van der Waals surface area contributed by atoms with Crippen molar-refractivity contribution in [2.45, 2.75) is 37.4 Å². The highest BCUT2D eigenvalue weighted by Gasteiger charge is 2.39. The van der Waals surface area contributed by atoms with Crippen LogP contribution in [0.4, 0.5) is 4.79 Å². The van der Waals surface area contributed by atoms with Gasteiger partial charge in [-0.2, -0.15) is 0 Å². The Morgan fingerprint density at radius 1 is 1.03 bits per heavy atom. The lowest BCUT2D eigenvalue weighted by atomic mass is 9.98. The summed E-state index contributed by atoms with van der Waals surface area (Å²) in [5.41, 5.74) is 6.88. The predicted octanol–water partition coefficient (Wildman–Crippen LogP) is 2.84. The minimum Gasteiger partial charge on any atom is -0.479 e. The first-order chi connectivity index (χ1) is 17.0. The Morgan fingerprint density at radius 3 is 2.31 bits per heavy atom. The van der Waals surface area contributed by atoms with E-state index in [9.17, 15) is 19.5 Å². The Bertz CT molecular complexity index is 1070. The van der Waals surface area contributed by atoms with Crippen molar-refractivity contribution in [3.63, 3.8) is 0 Å². The maximum atomic E-state index is 12.4. The average molecular weight is 481 g/mol. The number of ether oxygens (including phenoxy) is 2. The van der Waals surface area contributed by atoms with Gasteiger partial charge in [-0.05, 0) is 47.4 Å². The van der Waals surface area contributed by atoms with Crippen LogP contribution in [0.25, 0.3) is 11.1 Å². The van der Waals surface area contributed by atoms with Crippen LogP contribution in [0.1, 0.15) is 36.3 Å². The van der Waals surface area contributed by atoms with Crippen LogP contribution in [0.15, 0.2) is 48.5 Å². The van der Waals surface area contributed by atoms with E-state index in [-0.39, 0.29) is 37.7 Å². The summed E-state index contributed by atoms with van der Waals surface area (Å²) < 4.78 is 11.1. The summed E-state index contributed by atoms with van der Waals surface area (Å²) in [6, 6.07) is 16.3. The van der Waals surface area contributed by atoms with E-state index in [1.807, 2.05) is 24.3 Å². The molecule has 5 rings (SSSR count). The van der Waals surface area contributed by atoms with E-state index >= 15 is 0 Å². The molecule has 1 saturated carbocycles. The van der Waals surface area contributed by atoms with Crippen LogP contribution in [0, 0.1) is 11.8 Å². The molecule has 1 heterocycles. The Kier molecular flexibility index (Phi) is 6.70. The molecule has 2 amide bonds. The molecule has 1 saturated heterocycles. The smallest absolute Gasteiger partial charge is 0.407 e. The highest BCUT2D eigenvalue weighted by Crippen LogP contribution is 2.44. The number of hydroxylamine groups is 1. The standard InChI is InChI=1S/C26H28N2O7/c29-24(28-35-23(25(30)31)15-9-10-15)16-11-17(33-13-16)12-27-26(32)34-14-22-20-7-3-1-5-18(20)19-6-2-4-8-21(19)22/h1-8,15-17,22-23H,9-14H2,(H,27,32)(H,28,29)(H,30,31)/t16-,17-,23?/m0/s1. The molecule has 1 unspecified atom stereocenters. The number of hydrogen-bond acceptors (Lipinski definition) is 6. The number of carboxylic acid groups (broad SMARTS) is 1. The Balaban J connectivity index is 1.06. The lowest BCUT2D eigenvalue weighted by Crippen LogP contribution is -2.39. The van der Waals surface area contributed by atoms with E-state index in [0.29, 0.717) is 6.42 Å². The largest absolute Gasteiger partial charge is 0.479 e. The number of rotatable bonds is 9. The third-order valence-corrected chi connectivity index (χ3v) is 6.85. The van der Waals surface area contributed by atoms with Gasteiger partial charge in [0.1, 0.15) is 6.61 Å². The first-order valence-corrected chi connectivity index (χ1v) is 11.9. The van der Waals surface area contributed by atoms with Gasteiger partial charge in [-0.3, -0.25) is 9.63 Å². The second-order valence-electron chi connectivity index (χ2n) is 9.27. The van der Waals surface area contributed by atoms with Crippen molar-refractivity contribution in [1.29, 1.82) is 0 Å². The summed E-state index contributed by atoms with van der Waals surface area (Å²) in [5, 5.41) is 11.9. The van der Waals surface area contributed by atoms with Crippen LogP contribution >= 0.6 is 0 Å². The van der Waals surface area contributed by atoms with Gasteiger partial charge in [-0.15, -0.1) is 0 Å². The molecule has 0 bridgehead atoms. The Hall–Kier alpha value is -3.43. The normalized spacial score (nSPS) is 21.6. The van der Waals surface area contributed by atoms with Gasteiger partial charge in [0, 0.05) is 12.5 Å². The number of carbonyl (C=O) groups excluding carboxylic acids is 2. The maximum Gasteiger partial charge on any atom is 0.407 e. The van der Waals surface area contributed by atoms with Crippen molar-refractivity contribution >= 4 is 18.0 Å². The summed E-state index contributed by atoms with van der Waals surface area (Å²) >= 11 is 0. The molecule has 3 aliphatic rings. The van der Waals surface area contributed by atoms with Gasteiger partial charge in [0.25, 0.3) is 0 Å². The molecular formula is C26H28N2O7. The lowest BCUT2D eigenvalue weighted by Gasteiger charge is -2.16. The van der Waals surface area contributed by atoms with Crippen molar-refractivity contribution in [2.75, 3.05) is 19.8 Å². The molecule has 0 spiro atoms. The second kappa shape index (κ2) is 10.1. The van der Waals surface area contributed by atoms with Gasteiger partial charge in [0.05, 0.1) is 18.6 Å². The number of aliphatic carboxylic acids is 1. The molecule has 3 N–H and O–H groups in total. The molecular weight excluding hydrogens is 452 g/mol. The monoisotopic (exact) mass is 480 g/mol. The summed E-state index contributed by atoms with van der Waals surface area (Å²) in [7, 11) is 0. The van der Waals surface area contributed by atoms with Gasteiger partial charge in [-0.1, -0.05) is 48.5 Å². The van der Waals surface area contributed by atoms with E-state index in [4.69, 9.17) is 14.3 Å². The van der Waals surface area contributed by atoms with Gasteiger partial charge in [-0.25, -0.2) is 15.1 Å². The third-order valence-electron chi connectivity index (χ3n) is 6.85. The van der Waals surface area contributed by atoms with Gasteiger partial charge >= 0.3 is 12.1 Å². The molecule has 2 aromatic rings. The number of fused-ring (bicyclic) bond motifs is 3. The Labute approximate surface area is 202 Å². The highest BCUT2D eigenvalue weighted by atomic mass is 16.7. The number of amides is 2. The molecule has 0 aromatic heterocycles. The number of benzene rings is 2. The van der Waals surface area contributed by atoms with Crippen LogP contribution in [-0.4, -0.2) is 55.0 Å². The second-order valence-corrected chi connectivity index (χ2v) is 9.27. The van der Waals surface area contributed by atoms with Gasteiger partial charge in [0.15, 0.2) is 6.10 Å². The van der Waals surface area contributed by atoms with Gasteiger partial charge < -0.3 is 19.9 Å². The summed E-state index contributed by atoms with van der Waals surface area (Å²) in [6.07, 6.45) is 0.0455. The summed E-state index contributed by atoms with van der Waals surface area (Å²) in [5.74, 6) is -2.05. The molecule has 35 heavy (non-hydrogen) atoms. The number of carbonyl (C=O) groups is 3. The first-order valence-electron chi connectivity index (χ1n) is 11.9. The van der Waals surface area contributed by atoms with E-state index in [2.05, 4.69) is 35.1 Å². The predicted molar refractivity (Wildman–Crippen MR) is 124 cm³/mol. The molecule has 2 fully saturated rings. The minimum absolute atomic E-state index is 0.0192. The fraction of sp³-hybridized carbons (Fsp3) is 0.423. The minimum atomic E-state index is -1.08. The van der Waals surface area contributed by atoms with Crippen molar-refractivity contribution < 1.29 is 33.8 Å². The zero-order valence-electron chi connectivity index (χ0n) is 19.1. The number of nitrogens with one attached hydrogen (secondary N) is 2. The molecule has 9 nitrogen and oxygen atoms in total. The molecule has 2 aromatic carbocycles. The van der Waals surface area contributed by atoms with E-state index in [1.54, 1.807) is 0 Å². The number of carboxylic acids is 1. The van der Waals surface area contributed by atoms with E-state index < -0.39 is 30.0 Å². The van der Waals surface area contributed by atoms with Crippen molar-refractivity contribution in [3.05, 3.63) is 59.7 Å². The molecule has 1 aliphatic heterocycles. The third kappa shape index (κ3) is 5.16. The van der Waals surface area contributed by atoms with Crippen molar-refractivity contribution in [3.8, 4) is 11.1 Å². The zero-order chi connectivity index (χ0) is 24.4. The van der Waals surface area contributed by atoms with Crippen molar-refractivity contribution in [1.82, 2.24) is 10.8 Å². The van der Waals surface area contributed by atoms with Gasteiger partial charge in [0.2, 0.25) is 5.91 Å². The van der Waals surface area contributed by atoms with Crippen LogP contribution in [0.5, 0.6) is 0 Å². The summed E-state index contributed by atoms with van der Waals surface area (Å²) in [4.78, 5) is 41.0. The highest BCUT2D eigenvalue weighted by molar-refractivity contribution is 5.80. The van der Waals surface area contributed by atoms with E-state index in [1.165, 1.54) is 0 Å². The first kappa shape index (κ1) is 23.3. The molecule has 0 radical (unpaired) electrons. The number of hydrogen-bond donors (Lipinski definition) is 3. The fourth-order valence-corrected chi connectivity index (χ4v) is 4.83. The average Bonchev–Trinajstić information content (AvgIpc) is 3.49. The molecule has 2 aliphatic carbocycles. The SMILES string of the molecule is O=C(NC[C@@H]1C[C@H](C(=O)NOC(C(=O)O)C2CC2)CO1)OCC1c2ccccc2-c2ccccc21. The van der Waals surface area contributed by atoms with Crippen LogP contribution in [0.3, 0.4) is 0 Å². The topological polar surface area (TPSA) is 123 Å². The van der Waals surface area contributed by atoms with Crippen LogP contribution < -0.4 is 10.8 Å².